The maximum absolute atomic E-state index is 11.9. The highest BCUT2D eigenvalue weighted by Crippen LogP contribution is 2.42. The molecule has 0 saturated heterocycles. The molecule has 0 aromatic carbocycles. The number of hydrogen-bond donors (Lipinski definition) is 1. The van der Waals surface area contributed by atoms with E-state index in [9.17, 15) is 9.59 Å². The van der Waals surface area contributed by atoms with Crippen LogP contribution in [0.5, 0.6) is 0 Å². The molecule has 1 aliphatic heterocycles. The average Bonchev–Trinajstić information content (AvgIpc) is 2.50. The first kappa shape index (κ1) is 12.0. The second kappa shape index (κ2) is 4.09. The molecule has 1 N–H and O–H groups in total. The number of ketones is 2. The number of hydrogen-bond acceptors (Lipinski definition) is 3. The molecule has 2 aliphatic rings. The van der Waals surface area contributed by atoms with E-state index in [1.54, 1.807) is 0 Å². The minimum Gasteiger partial charge on any atom is -0.368 e. The Hall–Kier alpha value is 0.540. The van der Waals surface area contributed by atoms with Crippen molar-refractivity contribution in [3.63, 3.8) is 0 Å². The predicted molar refractivity (Wildman–Crippen MR) is 70.2 cm³/mol. The number of Topliss-reactive ketones (excluding diaryl/α,β-unsaturated/α-hetero) is 2. The summed E-state index contributed by atoms with van der Waals surface area (Å²) in [6.07, 6.45) is 0. The van der Waals surface area contributed by atoms with Gasteiger partial charge in [0.1, 0.15) is 6.04 Å². The van der Waals surface area contributed by atoms with E-state index in [2.05, 4.69) is 69.0 Å². The van der Waals surface area contributed by atoms with Gasteiger partial charge in [0.2, 0.25) is 0 Å². The Morgan fingerprint density at radius 1 is 0.933 bits per heavy atom. The Kier molecular flexibility index (Phi) is 3.27. The van der Waals surface area contributed by atoms with Crippen molar-refractivity contribution in [2.45, 2.75) is 6.04 Å². The van der Waals surface area contributed by atoms with Crippen molar-refractivity contribution in [1.82, 2.24) is 5.32 Å². The summed E-state index contributed by atoms with van der Waals surface area (Å²) in [5.41, 5.74) is 0. The van der Waals surface area contributed by atoms with Crippen LogP contribution in [0.3, 0.4) is 0 Å². The number of halogens is 4. The van der Waals surface area contributed by atoms with Gasteiger partial charge in [0.15, 0.2) is 11.6 Å². The van der Waals surface area contributed by atoms with Crippen LogP contribution in [-0.2, 0) is 9.59 Å². The van der Waals surface area contributed by atoms with E-state index in [-0.39, 0.29) is 11.6 Å². The van der Waals surface area contributed by atoms with Gasteiger partial charge >= 0.3 is 0 Å². The van der Waals surface area contributed by atoms with Gasteiger partial charge in [0.05, 0.1) is 19.5 Å². The molecule has 0 aromatic rings. The van der Waals surface area contributed by atoms with Crippen molar-refractivity contribution in [1.29, 1.82) is 0 Å². The monoisotopic (exact) mass is 461 g/mol. The molecule has 0 bridgehead atoms. The van der Waals surface area contributed by atoms with Crippen molar-refractivity contribution in [3.8, 4) is 0 Å². The second-order valence-corrected chi connectivity index (χ2v) is 6.35. The minimum absolute atomic E-state index is 0.111. The first-order valence-electron chi connectivity index (χ1n) is 3.90. The summed E-state index contributed by atoms with van der Waals surface area (Å²) >= 11 is 12.8. The molecule has 3 nitrogen and oxygen atoms in total. The summed E-state index contributed by atoms with van der Waals surface area (Å²) < 4.78 is 1.93. The van der Waals surface area contributed by atoms with E-state index in [4.69, 9.17) is 0 Å². The second-order valence-electron chi connectivity index (χ2n) is 3.12. The molecule has 0 aromatic heterocycles. The van der Waals surface area contributed by atoms with Gasteiger partial charge in [0.25, 0.3) is 0 Å². The van der Waals surface area contributed by atoms with Crippen molar-refractivity contribution in [2.75, 3.05) is 0 Å². The Bertz CT molecular complexity index is 440. The molecule has 1 heterocycles. The maximum Gasteiger partial charge on any atom is 0.194 e. The maximum atomic E-state index is 11.9. The van der Waals surface area contributed by atoms with E-state index >= 15 is 0 Å². The molecule has 2 unspecified atom stereocenters. The average molecular weight is 465 g/mol. The Labute approximate surface area is 119 Å². The summed E-state index contributed by atoms with van der Waals surface area (Å²) in [6, 6.07) is -0.517. The van der Waals surface area contributed by atoms with Crippen LogP contribution in [0.2, 0.25) is 0 Å². The van der Waals surface area contributed by atoms with E-state index in [1.807, 2.05) is 0 Å². The van der Waals surface area contributed by atoms with E-state index < -0.39 is 12.0 Å². The third-order valence-corrected chi connectivity index (χ3v) is 6.47. The quantitative estimate of drug-likeness (QED) is 0.561. The lowest BCUT2D eigenvalue weighted by Gasteiger charge is -2.23. The first-order valence-corrected chi connectivity index (χ1v) is 7.07. The molecule has 0 spiro atoms. The topological polar surface area (TPSA) is 46.2 Å². The van der Waals surface area contributed by atoms with Crippen LogP contribution in [0, 0.1) is 5.92 Å². The molecular weight excluding hydrogens is 462 g/mol. The zero-order valence-electron chi connectivity index (χ0n) is 6.98. The SMILES string of the molecule is O=C1C(Br)=C(Br)C(=O)C2C(Br)=C(Br)NC12. The van der Waals surface area contributed by atoms with Gasteiger partial charge in [0, 0.05) is 4.48 Å². The van der Waals surface area contributed by atoms with Gasteiger partial charge in [-0.05, 0) is 47.8 Å². The zero-order chi connectivity index (χ0) is 11.3. The van der Waals surface area contributed by atoms with Gasteiger partial charge < -0.3 is 5.32 Å². The minimum atomic E-state index is -0.517. The number of rotatable bonds is 0. The van der Waals surface area contributed by atoms with E-state index in [1.165, 1.54) is 0 Å². The molecule has 0 saturated carbocycles. The number of allylic oxidation sites excluding steroid dienone is 1. The van der Waals surface area contributed by atoms with Gasteiger partial charge in [-0.2, -0.15) is 0 Å². The summed E-state index contributed by atoms with van der Waals surface area (Å²) in [5, 5.41) is 2.93. The Balaban J connectivity index is 2.52. The molecule has 2 rings (SSSR count). The zero-order valence-corrected chi connectivity index (χ0v) is 13.3. The number of carbonyl (C=O) groups excluding carboxylic acids is 2. The lowest BCUT2D eigenvalue weighted by Crippen LogP contribution is -2.43. The van der Waals surface area contributed by atoms with Crippen LogP contribution >= 0.6 is 63.7 Å². The normalized spacial score (nSPS) is 30.9. The highest BCUT2D eigenvalue weighted by Gasteiger charge is 2.47. The summed E-state index contributed by atoms with van der Waals surface area (Å²) in [4.78, 5) is 23.7. The molecule has 7 heteroatoms. The molecule has 15 heavy (non-hydrogen) atoms. The largest absolute Gasteiger partial charge is 0.368 e. The third-order valence-electron chi connectivity index (χ3n) is 2.29. The number of fused-ring (bicyclic) bond motifs is 1. The molecule has 1 aliphatic carbocycles. The first-order chi connectivity index (χ1) is 6.95. The van der Waals surface area contributed by atoms with E-state index in [0.29, 0.717) is 18.1 Å². The molecule has 0 fully saturated rings. The fourth-order valence-electron chi connectivity index (χ4n) is 1.54. The predicted octanol–water partition coefficient (Wildman–Crippen LogP) is 2.69. The van der Waals surface area contributed by atoms with Crippen LogP contribution in [0.4, 0.5) is 0 Å². The van der Waals surface area contributed by atoms with Crippen LogP contribution in [-0.4, -0.2) is 17.6 Å². The number of carbonyl (C=O) groups is 2. The standard InChI is InChI=1S/C8H3Br4NO2/c9-2-1-5(13-8(2)12)7(15)4(11)3(10)6(1)14/h1,5,13H. The van der Waals surface area contributed by atoms with Crippen LogP contribution in [0.15, 0.2) is 18.1 Å². The van der Waals surface area contributed by atoms with Crippen molar-refractivity contribution in [2.24, 2.45) is 5.92 Å². The lowest BCUT2D eigenvalue weighted by molar-refractivity contribution is -0.125. The van der Waals surface area contributed by atoms with Gasteiger partial charge in [-0.1, -0.05) is 15.9 Å². The fraction of sp³-hybridized carbons (Fsp3) is 0.250. The Morgan fingerprint density at radius 2 is 1.47 bits per heavy atom. The summed E-state index contributed by atoms with van der Waals surface area (Å²) in [5.74, 6) is -0.708. The number of nitrogens with one attached hydrogen (secondary N) is 1. The van der Waals surface area contributed by atoms with Crippen molar-refractivity contribution < 1.29 is 9.59 Å². The molecule has 2 atom stereocenters. The summed E-state index contributed by atoms with van der Waals surface area (Å²) in [7, 11) is 0. The highest BCUT2D eigenvalue weighted by molar-refractivity contribution is 9.15. The van der Waals surface area contributed by atoms with Crippen LogP contribution in [0.25, 0.3) is 0 Å². The Morgan fingerprint density at radius 3 is 2.07 bits per heavy atom. The lowest BCUT2D eigenvalue weighted by atomic mass is 9.89. The highest BCUT2D eigenvalue weighted by atomic mass is 79.9. The van der Waals surface area contributed by atoms with Gasteiger partial charge in [-0.15, -0.1) is 0 Å². The van der Waals surface area contributed by atoms with Gasteiger partial charge in [-0.3, -0.25) is 9.59 Å². The van der Waals surface area contributed by atoms with Crippen molar-refractivity contribution >= 4 is 75.3 Å². The molecular formula is C8H3Br4NO2. The van der Waals surface area contributed by atoms with Gasteiger partial charge in [-0.25, -0.2) is 0 Å². The molecule has 80 valence electrons. The summed E-state index contributed by atoms with van der Waals surface area (Å²) in [6.45, 7) is 0. The fourth-order valence-corrected chi connectivity index (χ4v) is 3.51. The molecule has 0 amide bonds. The van der Waals surface area contributed by atoms with Crippen molar-refractivity contribution in [3.05, 3.63) is 18.1 Å². The molecule has 0 radical (unpaired) electrons. The van der Waals surface area contributed by atoms with E-state index in [0.717, 1.165) is 0 Å². The van der Waals surface area contributed by atoms with Crippen LogP contribution in [0.1, 0.15) is 0 Å². The van der Waals surface area contributed by atoms with Crippen LogP contribution < -0.4 is 5.32 Å². The third kappa shape index (κ3) is 1.71. The smallest absolute Gasteiger partial charge is 0.194 e.